The molecule has 0 spiro atoms. The first-order chi connectivity index (χ1) is 13.5. The van der Waals surface area contributed by atoms with E-state index in [1.54, 1.807) is 7.11 Å². The summed E-state index contributed by atoms with van der Waals surface area (Å²) < 4.78 is 5.23. The summed E-state index contributed by atoms with van der Waals surface area (Å²) in [6.07, 6.45) is 1.94. The number of nitrogens with zero attached hydrogens (tertiary/aromatic N) is 1. The van der Waals surface area contributed by atoms with Crippen molar-refractivity contribution in [3.05, 3.63) is 65.7 Å². The molecule has 0 aromatic heterocycles. The van der Waals surface area contributed by atoms with Crippen LogP contribution in [0.4, 0.5) is 0 Å². The Kier molecular flexibility index (Phi) is 6.34. The van der Waals surface area contributed by atoms with Crippen LogP contribution < -0.4 is 10.1 Å². The summed E-state index contributed by atoms with van der Waals surface area (Å²) in [5.74, 6) is 0.805. The fraction of sp³-hybridized carbons (Fsp3) is 0.391. The maximum absolute atomic E-state index is 12.8. The number of hydrogen-bond donors (Lipinski definition) is 1. The minimum atomic E-state index is -0.558. The Morgan fingerprint density at radius 1 is 1.11 bits per heavy atom. The van der Waals surface area contributed by atoms with Gasteiger partial charge in [0, 0.05) is 19.6 Å². The smallest absolute Gasteiger partial charge is 0.227 e. The van der Waals surface area contributed by atoms with Crippen LogP contribution in [-0.2, 0) is 22.6 Å². The van der Waals surface area contributed by atoms with Crippen molar-refractivity contribution in [2.24, 2.45) is 5.41 Å². The zero-order valence-corrected chi connectivity index (χ0v) is 16.6. The fourth-order valence-electron chi connectivity index (χ4n) is 3.70. The lowest BCUT2D eigenvalue weighted by Crippen LogP contribution is -2.52. The summed E-state index contributed by atoms with van der Waals surface area (Å²) in [6, 6.07) is 17.4. The number of amides is 2. The molecule has 148 valence electrons. The van der Waals surface area contributed by atoms with Gasteiger partial charge in [0.15, 0.2) is 0 Å². The lowest BCUT2D eigenvalue weighted by molar-refractivity contribution is -0.140. The molecule has 0 saturated carbocycles. The highest BCUT2D eigenvalue weighted by molar-refractivity contribution is 5.84. The average molecular weight is 380 g/mol. The van der Waals surface area contributed by atoms with Gasteiger partial charge >= 0.3 is 0 Å². The van der Waals surface area contributed by atoms with E-state index in [2.05, 4.69) is 5.32 Å². The number of benzene rings is 2. The van der Waals surface area contributed by atoms with Crippen LogP contribution in [0.5, 0.6) is 5.75 Å². The predicted octanol–water partition coefficient (Wildman–Crippen LogP) is 3.18. The fourth-order valence-corrected chi connectivity index (χ4v) is 3.70. The first kappa shape index (κ1) is 19.9. The monoisotopic (exact) mass is 380 g/mol. The highest BCUT2D eigenvalue weighted by Crippen LogP contribution is 2.30. The SMILES string of the molecule is COc1cccc(CC(=O)N2CCCC(C)(C(=O)NCc3ccccc3)C2)c1. The highest BCUT2D eigenvalue weighted by atomic mass is 16.5. The van der Waals surface area contributed by atoms with E-state index < -0.39 is 5.41 Å². The van der Waals surface area contributed by atoms with E-state index in [1.165, 1.54) is 0 Å². The molecule has 1 heterocycles. The number of nitrogens with one attached hydrogen (secondary N) is 1. The van der Waals surface area contributed by atoms with E-state index >= 15 is 0 Å². The molecule has 2 aromatic carbocycles. The number of ether oxygens (including phenoxy) is 1. The van der Waals surface area contributed by atoms with E-state index in [9.17, 15) is 9.59 Å². The number of piperidine rings is 1. The van der Waals surface area contributed by atoms with Crippen LogP contribution >= 0.6 is 0 Å². The number of carbonyl (C=O) groups excluding carboxylic acids is 2. The van der Waals surface area contributed by atoms with Gasteiger partial charge in [-0.3, -0.25) is 9.59 Å². The molecular formula is C23H28N2O3. The Labute approximate surface area is 166 Å². The first-order valence-corrected chi connectivity index (χ1v) is 9.73. The van der Waals surface area contributed by atoms with E-state index in [4.69, 9.17) is 4.74 Å². The molecule has 28 heavy (non-hydrogen) atoms. The molecule has 1 saturated heterocycles. The molecule has 2 aromatic rings. The summed E-state index contributed by atoms with van der Waals surface area (Å²) in [6.45, 7) is 3.62. The second kappa shape index (κ2) is 8.91. The highest BCUT2D eigenvalue weighted by Gasteiger charge is 2.39. The molecule has 0 radical (unpaired) electrons. The normalized spacial score (nSPS) is 19.1. The lowest BCUT2D eigenvalue weighted by Gasteiger charge is -2.39. The van der Waals surface area contributed by atoms with Crippen molar-refractivity contribution in [3.63, 3.8) is 0 Å². The van der Waals surface area contributed by atoms with Gasteiger partial charge in [-0.25, -0.2) is 0 Å². The standard InChI is InChI=1S/C23H28N2O3/c1-23(22(27)24-16-18-8-4-3-5-9-18)12-7-13-25(17-23)21(26)15-19-10-6-11-20(14-19)28-2/h3-6,8-11,14H,7,12-13,15-17H2,1-2H3,(H,24,27). The average Bonchev–Trinajstić information content (AvgIpc) is 2.73. The van der Waals surface area contributed by atoms with E-state index in [1.807, 2.05) is 66.4 Å². The number of methoxy groups -OCH3 is 1. The predicted molar refractivity (Wildman–Crippen MR) is 109 cm³/mol. The molecular weight excluding hydrogens is 352 g/mol. The third-order valence-corrected chi connectivity index (χ3v) is 5.38. The van der Waals surface area contributed by atoms with Crippen LogP contribution in [0, 0.1) is 5.41 Å². The summed E-state index contributed by atoms with van der Waals surface area (Å²) in [5.41, 5.74) is 1.43. The molecule has 5 nitrogen and oxygen atoms in total. The van der Waals surface area contributed by atoms with E-state index in [-0.39, 0.29) is 11.8 Å². The lowest BCUT2D eigenvalue weighted by atomic mass is 9.80. The minimum absolute atomic E-state index is 0.00948. The van der Waals surface area contributed by atoms with Crippen molar-refractivity contribution < 1.29 is 14.3 Å². The van der Waals surface area contributed by atoms with Crippen molar-refractivity contribution in [2.75, 3.05) is 20.2 Å². The van der Waals surface area contributed by atoms with Crippen molar-refractivity contribution in [1.82, 2.24) is 10.2 Å². The first-order valence-electron chi connectivity index (χ1n) is 9.73. The van der Waals surface area contributed by atoms with Crippen LogP contribution in [0.25, 0.3) is 0 Å². The molecule has 2 amide bonds. The summed E-state index contributed by atoms with van der Waals surface area (Å²) in [7, 11) is 1.62. The number of likely N-dealkylation sites (tertiary alicyclic amines) is 1. The van der Waals surface area contributed by atoms with E-state index in [0.29, 0.717) is 26.1 Å². The number of carbonyl (C=O) groups is 2. The maximum atomic E-state index is 12.8. The third-order valence-electron chi connectivity index (χ3n) is 5.38. The van der Waals surface area contributed by atoms with Crippen molar-refractivity contribution in [1.29, 1.82) is 0 Å². The quantitative estimate of drug-likeness (QED) is 0.837. The van der Waals surface area contributed by atoms with Gasteiger partial charge in [0.25, 0.3) is 0 Å². The Morgan fingerprint density at radius 3 is 2.61 bits per heavy atom. The molecule has 1 atom stereocenters. The van der Waals surface area contributed by atoms with Gasteiger partial charge < -0.3 is 15.0 Å². The van der Waals surface area contributed by atoms with Gasteiger partial charge in [0.2, 0.25) is 11.8 Å². The second-order valence-corrected chi connectivity index (χ2v) is 7.68. The van der Waals surface area contributed by atoms with Gasteiger partial charge in [0.1, 0.15) is 5.75 Å². The van der Waals surface area contributed by atoms with Gasteiger partial charge in [0.05, 0.1) is 18.9 Å². The van der Waals surface area contributed by atoms with Crippen LogP contribution in [0.3, 0.4) is 0 Å². The van der Waals surface area contributed by atoms with Crippen LogP contribution in [-0.4, -0.2) is 36.9 Å². The molecule has 1 aliphatic heterocycles. The molecule has 0 aliphatic carbocycles. The molecule has 1 fully saturated rings. The largest absolute Gasteiger partial charge is 0.497 e. The third kappa shape index (κ3) is 4.91. The van der Waals surface area contributed by atoms with Crippen LogP contribution in [0.15, 0.2) is 54.6 Å². The summed E-state index contributed by atoms with van der Waals surface area (Å²) in [4.78, 5) is 27.5. The Bertz CT molecular complexity index is 822. The van der Waals surface area contributed by atoms with Crippen molar-refractivity contribution in [3.8, 4) is 5.75 Å². The Balaban J connectivity index is 1.59. The van der Waals surface area contributed by atoms with Gasteiger partial charge in [-0.2, -0.15) is 0 Å². The zero-order chi connectivity index (χ0) is 20.0. The van der Waals surface area contributed by atoms with Crippen molar-refractivity contribution in [2.45, 2.75) is 32.7 Å². The molecule has 1 aliphatic rings. The topological polar surface area (TPSA) is 58.6 Å². The van der Waals surface area contributed by atoms with Gasteiger partial charge in [-0.05, 0) is 43.0 Å². The Morgan fingerprint density at radius 2 is 1.86 bits per heavy atom. The van der Waals surface area contributed by atoms with Gasteiger partial charge in [-0.1, -0.05) is 42.5 Å². The van der Waals surface area contributed by atoms with Gasteiger partial charge in [-0.15, -0.1) is 0 Å². The molecule has 1 N–H and O–H groups in total. The summed E-state index contributed by atoms with van der Waals surface area (Å²) >= 11 is 0. The van der Waals surface area contributed by atoms with E-state index in [0.717, 1.165) is 29.7 Å². The van der Waals surface area contributed by atoms with Crippen LogP contribution in [0.1, 0.15) is 30.9 Å². The zero-order valence-electron chi connectivity index (χ0n) is 16.6. The maximum Gasteiger partial charge on any atom is 0.227 e. The Hall–Kier alpha value is -2.82. The molecule has 5 heteroatoms. The molecule has 0 bridgehead atoms. The summed E-state index contributed by atoms with van der Waals surface area (Å²) in [5, 5.41) is 3.04. The van der Waals surface area contributed by atoms with Crippen LogP contribution in [0.2, 0.25) is 0 Å². The molecule has 3 rings (SSSR count). The van der Waals surface area contributed by atoms with Crippen molar-refractivity contribution >= 4 is 11.8 Å². The second-order valence-electron chi connectivity index (χ2n) is 7.68. The number of rotatable bonds is 6. The minimum Gasteiger partial charge on any atom is -0.497 e. The number of hydrogen-bond acceptors (Lipinski definition) is 3. The molecule has 1 unspecified atom stereocenters.